The maximum Gasteiger partial charge on any atom is 0.0861 e. The molecule has 3 unspecified atom stereocenters. The van der Waals surface area contributed by atoms with Crippen molar-refractivity contribution in [2.45, 2.75) is 31.0 Å². The molecule has 0 amide bonds. The molecular weight excluding hydrogens is 462 g/mol. The number of methoxy groups -OCH3 is 1. The van der Waals surface area contributed by atoms with Crippen molar-refractivity contribution >= 4 is 37.1 Å². The second-order valence-corrected chi connectivity index (χ2v) is 13.9. The Labute approximate surface area is 213 Å². The van der Waals surface area contributed by atoms with Gasteiger partial charge in [-0.2, -0.15) is 0 Å². The molecule has 0 aromatic heterocycles. The Balaban J connectivity index is 1.56. The van der Waals surface area contributed by atoms with Gasteiger partial charge < -0.3 is 4.74 Å². The molecule has 1 nitrogen and oxygen atoms in total. The first-order valence-corrected chi connectivity index (χ1v) is 15.8. The first-order valence-electron chi connectivity index (χ1n) is 12.6. The Morgan fingerprint density at radius 2 is 1.17 bits per heavy atom. The third kappa shape index (κ3) is 5.29. The van der Waals surface area contributed by atoms with Crippen molar-refractivity contribution < 1.29 is 4.74 Å². The average molecular weight is 497 g/mol. The van der Waals surface area contributed by atoms with E-state index in [0.717, 1.165) is 0 Å². The highest BCUT2D eigenvalue weighted by Gasteiger charge is 2.39. The summed E-state index contributed by atoms with van der Waals surface area (Å²) in [7, 11) is 1.02. The SMILES string of the molecule is CO[C@@H](c1ccccc1P(c1ccccc1)c1ccccc1)C1CCCC1P(C)c1ccccc1. The summed E-state index contributed by atoms with van der Waals surface area (Å²) in [5.74, 6) is 0.542. The van der Waals surface area contributed by atoms with Gasteiger partial charge >= 0.3 is 0 Å². The molecule has 3 heteroatoms. The molecule has 35 heavy (non-hydrogen) atoms. The van der Waals surface area contributed by atoms with Crippen molar-refractivity contribution in [3.8, 4) is 0 Å². The average Bonchev–Trinajstić information content (AvgIpc) is 3.41. The molecule has 0 saturated heterocycles. The van der Waals surface area contributed by atoms with E-state index < -0.39 is 7.92 Å². The normalized spacial score (nSPS) is 19.5. The Hall–Kier alpha value is -2.30. The number of hydrogen-bond acceptors (Lipinski definition) is 1. The van der Waals surface area contributed by atoms with Crippen molar-refractivity contribution in [3.63, 3.8) is 0 Å². The lowest BCUT2D eigenvalue weighted by Gasteiger charge is -2.34. The molecule has 178 valence electrons. The third-order valence-electron chi connectivity index (χ3n) is 7.35. The van der Waals surface area contributed by atoms with Crippen molar-refractivity contribution in [2.75, 3.05) is 13.8 Å². The van der Waals surface area contributed by atoms with Crippen LogP contribution in [0.4, 0.5) is 0 Å². The van der Waals surface area contributed by atoms with E-state index in [4.69, 9.17) is 4.74 Å². The van der Waals surface area contributed by atoms with E-state index in [1.807, 2.05) is 7.11 Å². The van der Waals surface area contributed by atoms with Gasteiger partial charge in [-0.1, -0.05) is 130 Å². The molecule has 4 aromatic rings. The molecule has 5 rings (SSSR count). The van der Waals surface area contributed by atoms with Crippen LogP contribution >= 0.6 is 15.8 Å². The lowest BCUT2D eigenvalue weighted by Crippen LogP contribution is -2.30. The molecule has 0 radical (unpaired) electrons. The van der Waals surface area contributed by atoms with Crippen LogP contribution in [0.25, 0.3) is 0 Å². The van der Waals surface area contributed by atoms with Gasteiger partial charge in [-0.15, -0.1) is 0 Å². The summed E-state index contributed by atoms with van der Waals surface area (Å²) in [5, 5.41) is 5.72. The molecule has 1 saturated carbocycles. The highest BCUT2D eigenvalue weighted by Crippen LogP contribution is 2.53. The summed E-state index contributed by atoms with van der Waals surface area (Å²) in [4.78, 5) is 0. The minimum absolute atomic E-state index is 0.116. The number of ether oxygens (including phenoxy) is 1. The smallest absolute Gasteiger partial charge is 0.0861 e. The van der Waals surface area contributed by atoms with Gasteiger partial charge in [-0.05, 0) is 65.8 Å². The fraction of sp³-hybridized carbons (Fsp3) is 0.250. The van der Waals surface area contributed by atoms with Gasteiger partial charge in [0.15, 0.2) is 0 Å². The molecule has 0 heterocycles. The fourth-order valence-electron chi connectivity index (χ4n) is 5.70. The van der Waals surface area contributed by atoms with Crippen molar-refractivity contribution in [1.29, 1.82) is 0 Å². The van der Waals surface area contributed by atoms with Gasteiger partial charge in [0.1, 0.15) is 0 Å². The van der Waals surface area contributed by atoms with Crippen LogP contribution in [0.1, 0.15) is 30.9 Å². The summed E-state index contributed by atoms with van der Waals surface area (Å²) in [5.41, 5.74) is 2.06. The van der Waals surface area contributed by atoms with Crippen LogP contribution in [0.2, 0.25) is 0 Å². The predicted octanol–water partition coefficient (Wildman–Crippen LogP) is 6.74. The van der Waals surface area contributed by atoms with Crippen LogP contribution in [0, 0.1) is 5.92 Å². The van der Waals surface area contributed by atoms with Crippen LogP contribution in [-0.2, 0) is 4.74 Å². The van der Waals surface area contributed by atoms with Crippen molar-refractivity contribution in [3.05, 3.63) is 121 Å². The minimum atomic E-state index is -0.667. The zero-order chi connectivity index (χ0) is 24.0. The quantitative estimate of drug-likeness (QED) is 0.246. The van der Waals surface area contributed by atoms with E-state index in [1.165, 1.54) is 46.0 Å². The third-order valence-corrected chi connectivity index (χ3v) is 12.6. The van der Waals surface area contributed by atoms with Crippen LogP contribution in [0.5, 0.6) is 0 Å². The topological polar surface area (TPSA) is 9.23 Å². The second kappa shape index (κ2) is 11.6. The first kappa shape index (κ1) is 24.4. The molecular formula is C32H34OP2. The molecule has 1 aliphatic carbocycles. The Bertz CT molecular complexity index is 1160. The molecule has 0 spiro atoms. The Kier molecular flexibility index (Phi) is 8.10. The number of hydrogen-bond donors (Lipinski definition) is 0. The maximum absolute atomic E-state index is 6.42. The predicted molar refractivity (Wildman–Crippen MR) is 155 cm³/mol. The van der Waals surface area contributed by atoms with Gasteiger partial charge in [0, 0.05) is 7.11 Å². The second-order valence-electron chi connectivity index (χ2n) is 9.33. The minimum Gasteiger partial charge on any atom is -0.376 e. The summed E-state index contributed by atoms with van der Waals surface area (Å²) < 4.78 is 6.42. The van der Waals surface area contributed by atoms with Crippen molar-refractivity contribution in [2.24, 2.45) is 5.92 Å². The molecule has 0 bridgehead atoms. The zero-order valence-electron chi connectivity index (χ0n) is 20.6. The molecule has 1 aliphatic rings. The van der Waals surface area contributed by atoms with E-state index in [-0.39, 0.29) is 14.0 Å². The monoisotopic (exact) mass is 496 g/mol. The van der Waals surface area contributed by atoms with Crippen LogP contribution < -0.4 is 21.2 Å². The Morgan fingerprint density at radius 1 is 0.657 bits per heavy atom. The van der Waals surface area contributed by atoms with E-state index in [9.17, 15) is 0 Å². The summed E-state index contributed by atoms with van der Waals surface area (Å²) in [6, 6.07) is 42.3. The highest BCUT2D eigenvalue weighted by molar-refractivity contribution is 7.79. The van der Waals surface area contributed by atoms with Gasteiger partial charge in [-0.3, -0.25) is 0 Å². The van der Waals surface area contributed by atoms with E-state index in [2.05, 4.69) is 122 Å². The maximum atomic E-state index is 6.42. The van der Waals surface area contributed by atoms with Gasteiger partial charge in [-0.25, -0.2) is 0 Å². The van der Waals surface area contributed by atoms with Gasteiger partial charge in [0.05, 0.1) is 6.10 Å². The largest absolute Gasteiger partial charge is 0.376 e. The Morgan fingerprint density at radius 3 is 1.74 bits per heavy atom. The molecule has 4 aromatic carbocycles. The molecule has 0 aliphatic heterocycles. The summed E-state index contributed by atoms with van der Waals surface area (Å²) in [6.45, 7) is 2.48. The molecule has 0 N–H and O–H groups in total. The lowest BCUT2D eigenvalue weighted by molar-refractivity contribution is 0.0558. The summed E-state index contributed by atoms with van der Waals surface area (Å²) >= 11 is 0. The summed E-state index contributed by atoms with van der Waals surface area (Å²) in [6.07, 6.45) is 3.95. The standard InChI is InChI=1S/C32H34OP2/c1-33-32(28-22-14-24-30(28)34(2)25-15-6-3-7-16-25)29-21-12-13-23-31(29)35(26-17-8-4-9-18-26)27-19-10-5-11-20-27/h3-13,15-21,23,28,30,32H,14,22,24H2,1-2H3/t28?,30?,32-,34?/m1/s1. The number of benzene rings is 4. The molecule has 1 fully saturated rings. The highest BCUT2D eigenvalue weighted by atomic mass is 31.1. The van der Waals surface area contributed by atoms with Crippen LogP contribution in [-0.4, -0.2) is 19.4 Å². The van der Waals surface area contributed by atoms with Crippen LogP contribution in [0.15, 0.2) is 115 Å². The van der Waals surface area contributed by atoms with E-state index in [1.54, 1.807) is 0 Å². The van der Waals surface area contributed by atoms with Crippen LogP contribution in [0.3, 0.4) is 0 Å². The van der Waals surface area contributed by atoms with Gasteiger partial charge in [0.25, 0.3) is 0 Å². The number of rotatable bonds is 8. The zero-order valence-corrected chi connectivity index (χ0v) is 22.4. The molecule has 4 atom stereocenters. The van der Waals surface area contributed by atoms with E-state index >= 15 is 0 Å². The van der Waals surface area contributed by atoms with E-state index in [0.29, 0.717) is 11.6 Å². The van der Waals surface area contributed by atoms with Gasteiger partial charge in [0.2, 0.25) is 0 Å². The lowest BCUT2D eigenvalue weighted by atomic mass is 9.94. The van der Waals surface area contributed by atoms with Crippen molar-refractivity contribution in [1.82, 2.24) is 0 Å². The first-order chi connectivity index (χ1) is 17.3. The fourth-order valence-corrected chi connectivity index (χ4v) is 10.7.